The highest BCUT2D eigenvalue weighted by Gasteiger charge is 2.20. The summed E-state index contributed by atoms with van der Waals surface area (Å²) in [5.41, 5.74) is 3.27. The molecule has 1 heterocycles. The minimum absolute atomic E-state index is 0.0811. The van der Waals surface area contributed by atoms with Gasteiger partial charge in [0.15, 0.2) is 0 Å². The van der Waals surface area contributed by atoms with Crippen LogP contribution in [0.1, 0.15) is 13.7 Å². The molecular formula is C44H28O. The maximum absolute atomic E-state index is 9.78. The Bertz CT molecular complexity index is 3030. The molecule has 0 saturated heterocycles. The topological polar surface area (TPSA) is 13.1 Å². The first-order valence-electron chi connectivity index (χ1n) is 19.6. The molecule has 8 aromatic carbocycles. The van der Waals surface area contributed by atoms with Gasteiger partial charge in [-0.05, 0) is 72.6 Å². The van der Waals surface area contributed by atoms with Crippen molar-refractivity contribution in [3.63, 3.8) is 0 Å². The van der Waals surface area contributed by atoms with E-state index in [1.807, 2.05) is 84.9 Å². The van der Waals surface area contributed by atoms with Crippen LogP contribution in [0.5, 0.6) is 0 Å². The summed E-state index contributed by atoms with van der Waals surface area (Å²) in [5, 5.41) is 2.61. The second-order valence-corrected chi connectivity index (χ2v) is 10.8. The molecule has 9 rings (SSSR count). The Balaban J connectivity index is 1.46. The summed E-state index contributed by atoms with van der Waals surface area (Å²) < 4.78 is 97.0. The molecule has 0 atom stereocenters. The zero-order chi connectivity index (χ0) is 38.4. The van der Waals surface area contributed by atoms with Crippen molar-refractivity contribution in [2.45, 2.75) is 0 Å². The fourth-order valence-electron chi connectivity index (χ4n) is 6.34. The first-order chi connectivity index (χ1) is 26.5. The standard InChI is InChI=1S/C44H28O/c1-3-14-29(15-4-1)32-18-7-8-19-34(32)43-37-22-11-9-20-35(37)42(36-21-10-12-23-38(36)43)31-26-27-41-40(28-31)39-25-13-24-33(44(39)45-41)30-16-5-2-6-17-30/h1-28H/i7D,8D,13D,18D,19D,24D,25D,26D,27D,28D. The lowest BCUT2D eigenvalue weighted by Gasteiger charge is -2.19. The Morgan fingerprint density at radius 3 is 1.56 bits per heavy atom. The van der Waals surface area contributed by atoms with Crippen molar-refractivity contribution in [3.8, 4) is 44.5 Å². The molecular weight excluding hydrogens is 544 g/mol. The summed E-state index contributed by atoms with van der Waals surface area (Å²) in [6.45, 7) is 0. The molecule has 0 unspecified atom stereocenters. The predicted octanol–water partition coefficient (Wildman–Crippen LogP) is 12.6. The molecule has 0 N–H and O–H groups in total. The summed E-state index contributed by atoms with van der Waals surface area (Å²) in [7, 11) is 0. The molecule has 0 spiro atoms. The van der Waals surface area contributed by atoms with Gasteiger partial charge in [-0.1, -0.05) is 158 Å². The summed E-state index contributed by atoms with van der Waals surface area (Å²) in [6, 6.07) is 30.0. The van der Waals surface area contributed by atoms with Crippen molar-refractivity contribution in [2.75, 3.05) is 0 Å². The van der Waals surface area contributed by atoms with E-state index in [-0.39, 0.29) is 93.5 Å². The zero-order valence-electron chi connectivity index (χ0n) is 33.8. The van der Waals surface area contributed by atoms with Crippen LogP contribution in [0.2, 0.25) is 0 Å². The molecule has 0 radical (unpaired) electrons. The third kappa shape index (κ3) is 4.09. The first kappa shape index (κ1) is 17.4. The van der Waals surface area contributed by atoms with Gasteiger partial charge in [0.2, 0.25) is 0 Å². The van der Waals surface area contributed by atoms with Gasteiger partial charge in [-0.15, -0.1) is 0 Å². The van der Waals surface area contributed by atoms with Crippen LogP contribution >= 0.6 is 0 Å². The van der Waals surface area contributed by atoms with Crippen molar-refractivity contribution in [2.24, 2.45) is 0 Å². The average Bonchev–Trinajstić information content (AvgIpc) is 3.61. The minimum atomic E-state index is -0.374. The van der Waals surface area contributed by atoms with Crippen LogP contribution in [0.3, 0.4) is 0 Å². The number of fused-ring (bicyclic) bond motifs is 5. The van der Waals surface area contributed by atoms with Crippen LogP contribution < -0.4 is 0 Å². The Kier molecular flexibility index (Phi) is 4.01. The summed E-state index contributed by atoms with van der Waals surface area (Å²) in [6.07, 6.45) is 0. The van der Waals surface area contributed by atoms with Crippen molar-refractivity contribution in [1.82, 2.24) is 0 Å². The quantitative estimate of drug-likeness (QED) is 0.188. The second-order valence-electron chi connectivity index (χ2n) is 10.8. The first-order valence-corrected chi connectivity index (χ1v) is 14.6. The van der Waals surface area contributed by atoms with E-state index < -0.39 is 0 Å². The highest BCUT2D eigenvalue weighted by Crippen LogP contribution is 2.47. The molecule has 0 saturated carbocycles. The Morgan fingerprint density at radius 2 is 0.911 bits per heavy atom. The number of benzene rings is 8. The fourth-order valence-corrected chi connectivity index (χ4v) is 6.34. The van der Waals surface area contributed by atoms with Gasteiger partial charge in [0.25, 0.3) is 0 Å². The fraction of sp³-hybridized carbons (Fsp3) is 0. The zero-order valence-corrected chi connectivity index (χ0v) is 23.8. The number of hydrogen-bond donors (Lipinski definition) is 0. The van der Waals surface area contributed by atoms with E-state index in [4.69, 9.17) is 12.6 Å². The molecule has 1 heteroatoms. The van der Waals surface area contributed by atoms with Crippen LogP contribution in [-0.2, 0) is 0 Å². The molecule has 0 aliphatic heterocycles. The number of rotatable bonds is 4. The molecule has 1 nitrogen and oxygen atoms in total. The second kappa shape index (κ2) is 10.4. The highest BCUT2D eigenvalue weighted by molar-refractivity contribution is 6.23. The lowest BCUT2D eigenvalue weighted by molar-refractivity contribution is 0.670. The van der Waals surface area contributed by atoms with Crippen molar-refractivity contribution < 1.29 is 18.1 Å². The van der Waals surface area contributed by atoms with Crippen molar-refractivity contribution in [3.05, 3.63) is 170 Å². The summed E-state index contributed by atoms with van der Waals surface area (Å²) in [5.74, 6) is 0. The van der Waals surface area contributed by atoms with Gasteiger partial charge in [0, 0.05) is 16.3 Å². The van der Waals surface area contributed by atoms with Gasteiger partial charge in [-0.3, -0.25) is 0 Å². The van der Waals surface area contributed by atoms with Crippen LogP contribution in [0.4, 0.5) is 0 Å². The summed E-state index contributed by atoms with van der Waals surface area (Å²) >= 11 is 0. The molecule has 210 valence electrons. The van der Waals surface area contributed by atoms with Gasteiger partial charge in [0.1, 0.15) is 11.2 Å². The molecule has 45 heavy (non-hydrogen) atoms. The third-order valence-electron chi connectivity index (χ3n) is 8.31. The Hall–Kier alpha value is -5.92. The average molecular weight is 583 g/mol. The molecule has 0 bridgehead atoms. The van der Waals surface area contributed by atoms with Gasteiger partial charge < -0.3 is 4.42 Å². The van der Waals surface area contributed by atoms with E-state index in [9.17, 15) is 5.48 Å². The van der Waals surface area contributed by atoms with Crippen molar-refractivity contribution >= 4 is 43.5 Å². The maximum Gasteiger partial charge on any atom is 0.143 e. The minimum Gasteiger partial charge on any atom is -0.455 e. The lowest BCUT2D eigenvalue weighted by atomic mass is 9.83. The van der Waals surface area contributed by atoms with Crippen LogP contribution in [-0.4, -0.2) is 0 Å². The van der Waals surface area contributed by atoms with Gasteiger partial charge >= 0.3 is 0 Å². The molecule has 0 aliphatic rings. The summed E-state index contributed by atoms with van der Waals surface area (Å²) in [4.78, 5) is 0. The van der Waals surface area contributed by atoms with E-state index in [2.05, 4.69) is 0 Å². The van der Waals surface area contributed by atoms with Crippen LogP contribution in [0.15, 0.2) is 174 Å². The molecule has 0 aliphatic carbocycles. The number of furan rings is 1. The molecule has 0 amide bonds. The third-order valence-corrected chi connectivity index (χ3v) is 8.31. The Labute approximate surface area is 275 Å². The van der Waals surface area contributed by atoms with E-state index in [1.54, 1.807) is 24.3 Å². The van der Waals surface area contributed by atoms with E-state index in [1.165, 1.54) is 0 Å². The highest BCUT2D eigenvalue weighted by atomic mass is 16.3. The SMILES string of the molecule is [2H]c1c([2H])c([2H])c(-c2c3ccccc3c(-c3c([2H])c([2H])c4oc5c(-c6ccccc6)c([2H])c([2H])c([2H])c5c4c3[2H])c3ccccc23)c(-c2ccccc2)c1[2H]. The van der Waals surface area contributed by atoms with E-state index in [0.29, 0.717) is 54.9 Å². The Morgan fingerprint density at radius 1 is 0.378 bits per heavy atom. The smallest absolute Gasteiger partial charge is 0.143 e. The van der Waals surface area contributed by atoms with E-state index in [0.717, 1.165) is 0 Å². The van der Waals surface area contributed by atoms with Crippen LogP contribution in [0, 0.1) is 0 Å². The normalized spacial score (nSPS) is 14.7. The maximum atomic E-state index is 9.78. The van der Waals surface area contributed by atoms with Gasteiger partial charge in [0.05, 0.1) is 13.7 Å². The van der Waals surface area contributed by atoms with Gasteiger partial charge in [-0.2, -0.15) is 0 Å². The van der Waals surface area contributed by atoms with Crippen LogP contribution in [0.25, 0.3) is 88.0 Å². The van der Waals surface area contributed by atoms with Gasteiger partial charge in [-0.25, -0.2) is 0 Å². The monoisotopic (exact) mass is 582 g/mol. The lowest BCUT2D eigenvalue weighted by Crippen LogP contribution is -1.92. The number of hydrogen-bond acceptors (Lipinski definition) is 1. The van der Waals surface area contributed by atoms with Crippen molar-refractivity contribution in [1.29, 1.82) is 0 Å². The molecule has 9 aromatic rings. The molecule has 1 aromatic heterocycles. The van der Waals surface area contributed by atoms with E-state index >= 15 is 0 Å². The molecule has 0 fully saturated rings. The number of para-hydroxylation sites is 1. The largest absolute Gasteiger partial charge is 0.455 e. The predicted molar refractivity (Wildman–Crippen MR) is 190 cm³/mol.